The summed E-state index contributed by atoms with van der Waals surface area (Å²) in [7, 11) is 2.99. The summed E-state index contributed by atoms with van der Waals surface area (Å²) in [5.41, 5.74) is 8.20. The van der Waals surface area contributed by atoms with E-state index in [4.69, 9.17) is 26.8 Å². The van der Waals surface area contributed by atoms with Crippen LogP contribution in [0.4, 0.5) is 5.69 Å². The fourth-order valence-electron chi connectivity index (χ4n) is 3.16. The summed E-state index contributed by atoms with van der Waals surface area (Å²) in [6.45, 7) is 3.67. The first kappa shape index (κ1) is 19.9. The lowest BCUT2D eigenvalue weighted by Gasteiger charge is -2.36. The Morgan fingerprint density at radius 3 is 2.18 bits per heavy atom. The van der Waals surface area contributed by atoms with E-state index in [-0.39, 0.29) is 5.75 Å². The zero-order valence-corrected chi connectivity index (χ0v) is 16.8. The van der Waals surface area contributed by atoms with Crippen molar-refractivity contribution in [3.63, 3.8) is 0 Å². The number of phenols is 1. The SMILES string of the molecule is COc1cc(CN=C(N)N2CCN(c3ccc(Cl)cc3)CC2)cc(OC)c1O. The molecule has 0 amide bonds. The van der Waals surface area contributed by atoms with Crippen molar-refractivity contribution < 1.29 is 14.6 Å². The number of nitrogens with zero attached hydrogens (tertiary/aromatic N) is 3. The average molecular weight is 405 g/mol. The number of ether oxygens (including phenoxy) is 2. The molecule has 0 atom stereocenters. The fraction of sp³-hybridized carbons (Fsp3) is 0.350. The van der Waals surface area contributed by atoms with Gasteiger partial charge in [0.25, 0.3) is 0 Å². The highest BCUT2D eigenvalue weighted by atomic mass is 35.5. The van der Waals surface area contributed by atoms with Crippen molar-refractivity contribution >= 4 is 23.2 Å². The normalized spacial score (nSPS) is 14.9. The molecule has 0 saturated carbocycles. The zero-order valence-electron chi connectivity index (χ0n) is 16.1. The summed E-state index contributed by atoms with van der Waals surface area (Å²) in [6, 6.07) is 11.3. The minimum Gasteiger partial charge on any atom is -0.502 e. The number of aromatic hydroxyl groups is 1. The maximum Gasteiger partial charge on any atom is 0.200 e. The third-order valence-corrected chi connectivity index (χ3v) is 5.01. The second-order valence-electron chi connectivity index (χ2n) is 6.47. The van der Waals surface area contributed by atoms with E-state index in [9.17, 15) is 5.11 Å². The van der Waals surface area contributed by atoms with Crippen LogP contribution in [0.25, 0.3) is 0 Å². The van der Waals surface area contributed by atoms with Gasteiger partial charge in [0.1, 0.15) is 0 Å². The van der Waals surface area contributed by atoms with Crippen LogP contribution in [0.3, 0.4) is 0 Å². The van der Waals surface area contributed by atoms with Crippen LogP contribution in [0.15, 0.2) is 41.4 Å². The van der Waals surface area contributed by atoms with Gasteiger partial charge in [-0.1, -0.05) is 11.6 Å². The molecule has 3 rings (SSSR count). The third kappa shape index (κ3) is 4.54. The van der Waals surface area contributed by atoms with E-state index in [1.165, 1.54) is 14.2 Å². The Morgan fingerprint density at radius 2 is 1.64 bits per heavy atom. The molecule has 1 saturated heterocycles. The highest BCUT2D eigenvalue weighted by Gasteiger charge is 2.18. The molecule has 0 aromatic heterocycles. The maximum atomic E-state index is 10.00. The number of nitrogens with two attached hydrogens (primary N) is 1. The number of hydrogen-bond donors (Lipinski definition) is 2. The lowest BCUT2D eigenvalue weighted by Crippen LogP contribution is -2.51. The van der Waals surface area contributed by atoms with Gasteiger partial charge in [0.15, 0.2) is 17.5 Å². The van der Waals surface area contributed by atoms with Crippen molar-refractivity contribution in [2.24, 2.45) is 10.7 Å². The predicted octanol–water partition coefficient (Wildman–Crippen LogP) is 2.70. The topological polar surface area (TPSA) is 83.6 Å². The van der Waals surface area contributed by atoms with Gasteiger partial charge in [0.2, 0.25) is 5.75 Å². The van der Waals surface area contributed by atoms with Gasteiger partial charge in [0, 0.05) is 36.9 Å². The number of aliphatic imine (C=N–C) groups is 1. The molecule has 1 heterocycles. The van der Waals surface area contributed by atoms with Gasteiger partial charge in [-0.15, -0.1) is 0 Å². The Balaban J connectivity index is 1.61. The average Bonchev–Trinajstić information content (AvgIpc) is 2.73. The van der Waals surface area contributed by atoms with Crippen LogP contribution in [0, 0.1) is 0 Å². The van der Waals surface area contributed by atoms with Gasteiger partial charge in [-0.3, -0.25) is 0 Å². The van der Waals surface area contributed by atoms with Crippen molar-refractivity contribution in [2.45, 2.75) is 6.54 Å². The lowest BCUT2D eigenvalue weighted by atomic mass is 10.2. The molecule has 0 radical (unpaired) electrons. The van der Waals surface area contributed by atoms with Crippen LogP contribution in [0.2, 0.25) is 5.02 Å². The minimum atomic E-state index is -0.0241. The van der Waals surface area contributed by atoms with Crippen LogP contribution >= 0.6 is 11.6 Å². The number of piperazine rings is 1. The fourth-order valence-corrected chi connectivity index (χ4v) is 3.28. The molecular weight excluding hydrogens is 380 g/mol. The first-order valence-corrected chi connectivity index (χ1v) is 9.39. The number of anilines is 1. The molecule has 28 heavy (non-hydrogen) atoms. The summed E-state index contributed by atoms with van der Waals surface area (Å²) >= 11 is 5.96. The molecule has 1 fully saturated rings. The minimum absolute atomic E-state index is 0.0241. The molecule has 7 nitrogen and oxygen atoms in total. The smallest absolute Gasteiger partial charge is 0.200 e. The molecule has 0 aliphatic carbocycles. The van der Waals surface area contributed by atoms with E-state index < -0.39 is 0 Å². The van der Waals surface area contributed by atoms with Crippen molar-refractivity contribution in [3.05, 3.63) is 47.0 Å². The predicted molar refractivity (Wildman–Crippen MR) is 112 cm³/mol. The number of halogens is 1. The van der Waals surface area contributed by atoms with E-state index in [1.54, 1.807) is 12.1 Å². The van der Waals surface area contributed by atoms with E-state index in [1.807, 2.05) is 24.3 Å². The van der Waals surface area contributed by atoms with Gasteiger partial charge in [-0.25, -0.2) is 4.99 Å². The van der Waals surface area contributed by atoms with Gasteiger partial charge < -0.3 is 30.1 Å². The summed E-state index contributed by atoms with van der Waals surface area (Å²) in [6.07, 6.45) is 0. The largest absolute Gasteiger partial charge is 0.502 e. The summed E-state index contributed by atoms with van der Waals surface area (Å²) in [4.78, 5) is 8.87. The molecular formula is C20H25ClN4O3. The standard InChI is InChI=1S/C20H25ClN4O3/c1-27-17-11-14(12-18(28-2)19(17)26)13-23-20(22)25-9-7-24(8-10-25)16-5-3-15(21)4-6-16/h3-6,11-12,26H,7-10,13H2,1-2H3,(H2,22,23). The number of phenolic OH excluding ortho intramolecular Hbond substituents is 1. The third-order valence-electron chi connectivity index (χ3n) is 4.76. The van der Waals surface area contributed by atoms with Crippen LogP contribution in [-0.4, -0.2) is 56.4 Å². The Labute approximate surface area is 169 Å². The Hall–Kier alpha value is -2.80. The summed E-state index contributed by atoms with van der Waals surface area (Å²) < 4.78 is 10.4. The van der Waals surface area contributed by atoms with E-state index in [2.05, 4.69) is 14.8 Å². The first-order valence-electron chi connectivity index (χ1n) is 9.01. The number of methoxy groups -OCH3 is 2. The Kier molecular flexibility index (Phi) is 6.36. The molecule has 2 aromatic carbocycles. The van der Waals surface area contributed by atoms with Gasteiger partial charge in [-0.2, -0.15) is 0 Å². The molecule has 2 aromatic rings. The zero-order chi connectivity index (χ0) is 20.1. The van der Waals surface area contributed by atoms with Crippen molar-refractivity contribution in [3.8, 4) is 17.2 Å². The van der Waals surface area contributed by atoms with E-state index >= 15 is 0 Å². The van der Waals surface area contributed by atoms with Gasteiger partial charge in [0.05, 0.1) is 20.8 Å². The highest BCUT2D eigenvalue weighted by Crippen LogP contribution is 2.37. The number of guanidine groups is 1. The Morgan fingerprint density at radius 1 is 1.07 bits per heavy atom. The van der Waals surface area contributed by atoms with Gasteiger partial charge in [-0.05, 0) is 42.0 Å². The summed E-state index contributed by atoms with van der Waals surface area (Å²) in [5.74, 6) is 1.17. The quantitative estimate of drug-likeness (QED) is 0.589. The molecule has 150 valence electrons. The second kappa shape index (κ2) is 8.93. The van der Waals surface area contributed by atoms with Crippen LogP contribution in [-0.2, 0) is 6.54 Å². The van der Waals surface area contributed by atoms with Crippen LogP contribution in [0.1, 0.15) is 5.56 Å². The summed E-state index contributed by atoms with van der Waals surface area (Å²) in [5, 5.41) is 10.7. The molecule has 0 bridgehead atoms. The van der Waals surface area contributed by atoms with Crippen molar-refractivity contribution in [2.75, 3.05) is 45.3 Å². The molecule has 3 N–H and O–H groups in total. The monoisotopic (exact) mass is 404 g/mol. The number of rotatable bonds is 5. The first-order chi connectivity index (χ1) is 13.5. The van der Waals surface area contributed by atoms with E-state index in [0.717, 1.165) is 42.5 Å². The Bertz CT molecular complexity index is 809. The van der Waals surface area contributed by atoms with E-state index in [0.29, 0.717) is 24.0 Å². The maximum absolute atomic E-state index is 10.00. The number of hydrogen-bond acceptors (Lipinski definition) is 5. The number of benzene rings is 2. The van der Waals surface area contributed by atoms with Gasteiger partial charge >= 0.3 is 0 Å². The van der Waals surface area contributed by atoms with Crippen LogP contribution < -0.4 is 20.1 Å². The lowest BCUT2D eigenvalue weighted by molar-refractivity contribution is 0.339. The van der Waals surface area contributed by atoms with Crippen molar-refractivity contribution in [1.82, 2.24) is 4.90 Å². The highest BCUT2D eigenvalue weighted by molar-refractivity contribution is 6.30. The van der Waals surface area contributed by atoms with Crippen molar-refractivity contribution in [1.29, 1.82) is 0 Å². The molecule has 1 aliphatic rings. The molecule has 8 heteroatoms. The van der Waals surface area contributed by atoms with Crippen LogP contribution in [0.5, 0.6) is 17.2 Å². The molecule has 1 aliphatic heterocycles. The molecule has 0 spiro atoms. The molecule has 0 unspecified atom stereocenters. The second-order valence-corrected chi connectivity index (χ2v) is 6.91.